The number of rotatable bonds is 9. The summed E-state index contributed by atoms with van der Waals surface area (Å²) >= 11 is 0. The maximum absolute atomic E-state index is 11.9. The number of nitrogens with one attached hydrogen (secondary N) is 2. The van der Waals surface area contributed by atoms with Gasteiger partial charge in [-0.3, -0.25) is 14.4 Å². The van der Waals surface area contributed by atoms with Crippen LogP contribution in [0.1, 0.15) is 18.1 Å². The number of ether oxygens (including phenoxy) is 2. The SMILES string of the molecule is COc1ccc(CCNC(=O)COC(=O)Cc2ccc(NC(C)=O)cc2)cc1. The normalized spacial score (nSPS) is 10.1. The largest absolute Gasteiger partial charge is 0.497 e. The van der Waals surface area contributed by atoms with Crippen LogP contribution < -0.4 is 15.4 Å². The number of carbonyl (C=O) groups is 3. The van der Waals surface area contributed by atoms with Crippen molar-refractivity contribution in [1.82, 2.24) is 5.32 Å². The molecule has 2 aromatic carbocycles. The van der Waals surface area contributed by atoms with Gasteiger partial charge in [0.25, 0.3) is 5.91 Å². The lowest BCUT2D eigenvalue weighted by molar-refractivity contribution is -0.147. The highest BCUT2D eigenvalue weighted by atomic mass is 16.5. The second-order valence-corrected chi connectivity index (χ2v) is 6.16. The first-order chi connectivity index (χ1) is 13.5. The van der Waals surface area contributed by atoms with E-state index < -0.39 is 5.97 Å². The average molecular weight is 384 g/mol. The van der Waals surface area contributed by atoms with Gasteiger partial charge in [-0.1, -0.05) is 24.3 Å². The zero-order valence-corrected chi connectivity index (χ0v) is 16.0. The molecule has 2 amide bonds. The van der Waals surface area contributed by atoms with Gasteiger partial charge in [0.2, 0.25) is 5.91 Å². The highest BCUT2D eigenvalue weighted by Crippen LogP contribution is 2.12. The van der Waals surface area contributed by atoms with Gasteiger partial charge in [-0.15, -0.1) is 0 Å². The molecule has 0 unspecified atom stereocenters. The molecular weight excluding hydrogens is 360 g/mol. The van der Waals surface area contributed by atoms with Crippen molar-refractivity contribution in [2.45, 2.75) is 19.8 Å². The van der Waals surface area contributed by atoms with E-state index in [1.165, 1.54) is 6.92 Å². The van der Waals surface area contributed by atoms with E-state index in [-0.39, 0.29) is 24.8 Å². The minimum Gasteiger partial charge on any atom is -0.497 e. The average Bonchev–Trinajstić information content (AvgIpc) is 2.68. The second kappa shape index (κ2) is 10.7. The quantitative estimate of drug-likeness (QED) is 0.646. The van der Waals surface area contributed by atoms with Gasteiger partial charge in [-0.2, -0.15) is 0 Å². The maximum atomic E-state index is 11.9. The Morgan fingerprint density at radius 2 is 1.57 bits per heavy atom. The third-order valence-corrected chi connectivity index (χ3v) is 3.88. The highest BCUT2D eigenvalue weighted by molar-refractivity contribution is 5.88. The first-order valence-electron chi connectivity index (χ1n) is 8.88. The summed E-state index contributed by atoms with van der Waals surface area (Å²) in [7, 11) is 1.61. The summed E-state index contributed by atoms with van der Waals surface area (Å²) in [6, 6.07) is 14.4. The van der Waals surface area contributed by atoms with Crippen LogP contribution in [-0.4, -0.2) is 38.0 Å². The minimum absolute atomic E-state index is 0.0550. The minimum atomic E-state index is -0.488. The number of anilines is 1. The molecule has 2 rings (SSSR count). The van der Waals surface area contributed by atoms with E-state index in [2.05, 4.69) is 10.6 Å². The Morgan fingerprint density at radius 3 is 2.18 bits per heavy atom. The lowest BCUT2D eigenvalue weighted by atomic mass is 10.1. The smallest absolute Gasteiger partial charge is 0.310 e. The van der Waals surface area contributed by atoms with Crippen LogP contribution in [0.15, 0.2) is 48.5 Å². The number of amides is 2. The molecule has 0 atom stereocenters. The standard InChI is InChI=1S/C21H24N2O5/c1-15(24)23-18-7-3-17(4-8-18)13-21(26)28-14-20(25)22-12-11-16-5-9-19(27-2)10-6-16/h3-10H,11-14H2,1-2H3,(H,22,25)(H,23,24). The van der Waals surface area contributed by atoms with Crippen molar-refractivity contribution in [3.63, 3.8) is 0 Å². The molecule has 28 heavy (non-hydrogen) atoms. The van der Waals surface area contributed by atoms with Crippen molar-refractivity contribution in [2.24, 2.45) is 0 Å². The summed E-state index contributed by atoms with van der Waals surface area (Å²) < 4.78 is 10.1. The number of carbonyl (C=O) groups excluding carboxylic acids is 3. The van der Waals surface area contributed by atoms with Crippen LogP contribution >= 0.6 is 0 Å². The Morgan fingerprint density at radius 1 is 0.929 bits per heavy atom. The number of hydrogen-bond acceptors (Lipinski definition) is 5. The van der Waals surface area contributed by atoms with Gasteiger partial charge >= 0.3 is 5.97 Å². The summed E-state index contributed by atoms with van der Waals surface area (Å²) in [5, 5.41) is 5.37. The molecule has 7 heteroatoms. The topological polar surface area (TPSA) is 93.7 Å². The fourth-order valence-corrected chi connectivity index (χ4v) is 2.46. The van der Waals surface area contributed by atoms with Crippen molar-refractivity contribution in [1.29, 1.82) is 0 Å². The van der Waals surface area contributed by atoms with E-state index in [1.807, 2.05) is 24.3 Å². The van der Waals surface area contributed by atoms with E-state index in [0.717, 1.165) is 16.9 Å². The first kappa shape index (κ1) is 21.0. The van der Waals surface area contributed by atoms with Gasteiger partial charge in [0.05, 0.1) is 13.5 Å². The van der Waals surface area contributed by atoms with E-state index in [9.17, 15) is 14.4 Å². The molecule has 0 aliphatic carbocycles. The predicted octanol–water partition coefficient (Wildman–Crippen LogP) is 2.10. The third-order valence-electron chi connectivity index (χ3n) is 3.88. The molecule has 7 nitrogen and oxygen atoms in total. The maximum Gasteiger partial charge on any atom is 0.310 e. The lowest BCUT2D eigenvalue weighted by Crippen LogP contribution is -2.30. The van der Waals surface area contributed by atoms with Crippen LogP contribution in [0.4, 0.5) is 5.69 Å². The van der Waals surface area contributed by atoms with Gasteiger partial charge in [0, 0.05) is 19.2 Å². The van der Waals surface area contributed by atoms with Crippen LogP contribution in [0.2, 0.25) is 0 Å². The summed E-state index contributed by atoms with van der Waals surface area (Å²) in [4.78, 5) is 34.6. The molecule has 0 spiro atoms. The van der Waals surface area contributed by atoms with Gasteiger partial charge in [0.15, 0.2) is 6.61 Å². The van der Waals surface area contributed by atoms with E-state index in [0.29, 0.717) is 18.7 Å². The molecule has 0 saturated heterocycles. The number of benzene rings is 2. The summed E-state index contributed by atoms with van der Waals surface area (Å²) in [5.41, 5.74) is 2.46. The van der Waals surface area contributed by atoms with Crippen LogP contribution in [0.3, 0.4) is 0 Å². The Kier molecular flexibility index (Phi) is 8.02. The zero-order chi connectivity index (χ0) is 20.4. The molecule has 2 N–H and O–H groups in total. The molecular formula is C21H24N2O5. The predicted molar refractivity (Wildman–Crippen MR) is 105 cm³/mol. The van der Waals surface area contributed by atoms with Gasteiger partial charge < -0.3 is 20.1 Å². The molecule has 2 aromatic rings. The monoisotopic (exact) mass is 384 g/mol. The number of esters is 1. The third kappa shape index (κ3) is 7.49. The van der Waals surface area contributed by atoms with Crippen molar-refractivity contribution in [3.05, 3.63) is 59.7 Å². The second-order valence-electron chi connectivity index (χ2n) is 6.16. The van der Waals surface area contributed by atoms with E-state index >= 15 is 0 Å². The molecule has 0 aliphatic rings. The highest BCUT2D eigenvalue weighted by Gasteiger charge is 2.09. The van der Waals surface area contributed by atoms with E-state index in [1.54, 1.807) is 31.4 Å². The molecule has 0 aromatic heterocycles. The van der Waals surface area contributed by atoms with Crippen molar-refractivity contribution in [3.8, 4) is 5.75 Å². The van der Waals surface area contributed by atoms with Crippen molar-refractivity contribution in [2.75, 3.05) is 25.6 Å². The summed E-state index contributed by atoms with van der Waals surface area (Å²) in [6.07, 6.45) is 0.726. The zero-order valence-electron chi connectivity index (χ0n) is 16.0. The van der Waals surface area contributed by atoms with Gasteiger partial charge in [-0.25, -0.2) is 0 Å². The Bertz CT molecular complexity index is 801. The Balaban J connectivity index is 1.65. The first-order valence-corrected chi connectivity index (χ1v) is 8.88. The molecule has 0 saturated carbocycles. The Hall–Kier alpha value is -3.35. The lowest BCUT2D eigenvalue weighted by Gasteiger charge is -2.08. The molecule has 0 heterocycles. The molecule has 0 fully saturated rings. The van der Waals surface area contributed by atoms with Crippen LogP contribution in [-0.2, 0) is 32.0 Å². The molecule has 0 aliphatic heterocycles. The van der Waals surface area contributed by atoms with Crippen molar-refractivity contribution < 1.29 is 23.9 Å². The molecule has 0 bridgehead atoms. The van der Waals surface area contributed by atoms with Crippen LogP contribution in [0.25, 0.3) is 0 Å². The number of hydrogen-bond donors (Lipinski definition) is 2. The number of methoxy groups -OCH3 is 1. The fourth-order valence-electron chi connectivity index (χ4n) is 2.46. The van der Waals surface area contributed by atoms with Gasteiger partial charge in [0.1, 0.15) is 5.75 Å². The molecule has 148 valence electrons. The Labute approximate surface area is 164 Å². The van der Waals surface area contributed by atoms with Crippen molar-refractivity contribution >= 4 is 23.5 Å². The van der Waals surface area contributed by atoms with E-state index in [4.69, 9.17) is 9.47 Å². The summed E-state index contributed by atoms with van der Waals surface area (Å²) in [6.45, 7) is 1.56. The summed E-state index contributed by atoms with van der Waals surface area (Å²) in [5.74, 6) is -0.213. The molecule has 0 radical (unpaired) electrons. The fraction of sp³-hybridized carbons (Fsp3) is 0.286. The van der Waals surface area contributed by atoms with Gasteiger partial charge in [-0.05, 0) is 41.8 Å². The van der Waals surface area contributed by atoms with Crippen LogP contribution in [0.5, 0.6) is 5.75 Å². The van der Waals surface area contributed by atoms with Crippen LogP contribution in [0, 0.1) is 0 Å².